The molecule has 3 aliphatic rings. The van der Waals surface area contributed by atoms with Gasteiger partial charge in [0.2, 0.25) is 0 Å². The first kappa shape index (κ1) is 17.7. The second kappa shape index (κ2) is 6.15. The Kier molecular flexibility index (Phi) is 3.62. The summed E-state index contributed by atoms with van der Waals surface area (Å²) in [5.41, 5.74) is 7.07. The molecule has 1 spiro atoms. The molecule has 0 unspecified atom stereocenters. The fraction of sp³-hybridized carbons (Fsp3) is 0.348. The van der Waals surface area contributed by atoms with Gasteiger partial charge in [0.15, 0.2) is 5.82 Å². The summed E-state index contributed by atoms with van der Waals surface area (Å²) in [5, 5.41) is 6.56. The third-order valence-corrected chi connectivity index (χ3v) is 6.74. The molecule has 3 aromatic rings. The molecule has 30 heavy (non-hydrogen) atoms. The van der Waals surface area contributed by atoms with Crippen molar-refractivity contribution in [1.82, 2.24) is 25.2 Å². The summed E-state index contributed by atoms with van der Waals surface area (Å²) in [6.07, 6.45) is 4.49. The lowest BCUT2D eigenvalue weighted by Crippen LogP contribution is -2.71. The summed E-state index contributed by atoms with van der Waals surface area (Å²) in [6.45, 7) is 1.66. The van der Waals surface area contributed by atoms with E-state index >= 15 is 0 Å². The molecule has 1 fully saturated rings. The number of carbonyl (C=O) groups excluding carboxylic acids is 1. The Balaban J connectivity index is 1.49. The van der Waals surface area contributed by atoms with Gasteiger partial charge >= 0.3 is 0 Å². The second-order valence-electron chi connectivity index (χ2n) is 8.52. The zero-order valence-electron chi connectivity index (χ0n) is 17.1. The van der Waals surface area contributed by atoms with Gasteiger partial charge in [0.1, 0.15) is 5.75 Å². The van der Waals surface area contributed by atoms with Gasteiger partial charge in [-0.1, -0.05) is 0 Å². The minimum Gasteiger partial charge on any atom is -0.497 e. The van der Waals surface area contributed by atoms with E-state index in [0.717, 1.165) is 77.4 Å². The number of ether oxygens (including phenoxy) is 1. The van der Waals surface area contributed by atoms with E-state index in [2.05, 4.69) is 27.2 Å². The Morgan fingerprint density at radius 2 is 1.97 bits per heavy atom. The lowest BCUT2D eigenvalue weighted by atomic mass is 9.81. The van der Waals surface area contributed by atoms with Crippen molar-refractivity contribution < 1.29 is 9.53 Å². The molecule has 0 radical (unpaired) electrons. The predicted octanol–water partition coefficient (Wildman–Crippen LogP) is 1.88. The highest BCUT2D eigenvalue weighted by molar-refractivity contribution is 6.01. The van der Waals surface area contributed by atoms with Crippen LogP contribution in [-0.4, -0.2) is 46.2 Å². The van der Waals surface area contributed by atoms with E-state index in [0.29, 0.717) is 5.82 Å². The van der Waals surface area contributed by atoms with E-state index in [1.165, 1.54) is 0 Å². The zero-order chi connectivity index (χ0) is 20.5. The van der Waals surface area contributed by atoms with Crippen LogP contribution in [0.4, 0.5) is 0 Å². The quantitative estimate of drug-likeness (QED) is 0.685. The number of benzene rings is 1. The van der Waals surface area contributed by atoms with Crippen LogP contribution in [0.1, 0.15) is 27.2 Å². The van der Waals surface area contributed by atoms with Gasteiger partial charge in [-0.25, -0.2) is 9.97 Å². The fourth-order valence-electron chi connectivity index (χ4n) is 5.06. The fourth-order valence-corrected chi connectivity index (χ4v) is 5.06. The maximum absolute atomic E-state index is 13.0. The molecule has 6 rings (SSSR count). The van der Waals surface area contributed by atoms with Crippen molar-refractivity contribution >= 4 is 5.91 Å². The first-order valence-corrected chi connectivity index (χ1v) is 10.3. The zero-order valence-corrected chi connectivity index (χ0v) is 17.1. The van der Waals surface area contributed by atoms with E-state index in [4.69, 9.17) is 9.72 Å². The molecule has 152 valence electrons. The molecule has 7 heteroatoms. The molecular formula is C23H23N5O2. The molecule has 2 aliphatic heterocycles. The van der Waals surface area contributed by atoms with Crippen molar-refractivity contribution in [3.63, 3.8) is 0 Å². The van der Waals surface area contributed by atoms with Gasteiger partial charge in [-0.05, 0) is 48.2 Å². The van der Waals surface area contributed by atoms with Crippen LogP contribution >= 0.6 is 0 Å². The summed E-state index contributed by atoms with van der Waals surface area (Å²) < 4.78 is 7.46. The van der Waals surface area contributed by atoms with Crippen molar-refractivity contribution in [1.29, 1.82) is 0 Å². The van der Waals surface area contributed by atoms with Crippen molar-refractivity contribution in [2.24, 2.45) is 7.05 Å². The Bertz CT molecular complexity index is 1190. The SMILES string of the molecule is COc1ccc(-c2ncc3c(n2)-c2c(c4c(n2C)CC2(CNC2)NC4=O)CC3)cc1. The summed E-state index contributed by atoms with van der Waals surface area (Å²) in [7, 11) is 3.73. The summed E-state index contributed by atoms with van der Waals surface area (Å²) in [5.74, 6) is 1.55. The van der Waals surface area contributed by atoms with Crippen LogP contribution in [0.15, 0.2) is 30.5 Å². The summed E-state index contributed by atoms with van der Waals surface area (Å²) in [4.78, 5) is 22.6. The monoisotopic (exact) mass is 401 g/mol. The van der Waals surface area contributed by atoms with Crippen molar-refractivity contribution in [2.75, 3.05) is 20.2 Å². The third-order valence-electron chi connectivity index (χ3n) is 6.74. The topological polar surface area (TPSA) is 81.1 Å². The molecule has 0 bridgehead atoms. The number of methoxy groups -OCH3 is 1. The maximum Gasteiger partial charge on any atom is 0.253 e. The summed E-state index contributed by atoms with van der Waals surface area (Å²) >= 11 is 0. The van der Waals surface area contributed by atoms with Crippen molar-refractivity contribution in [3.05, 3.63) is 52.8 Å². The highest BCUT2D eigenvalue weighted by Crippen LogP contribution is 2.40. The molecule has 1 amide bonds. The number of nitrogens with zero attached hydrogens (tertiary/aromatic N) is 3. The Labute approximate surface area is 174 Å². The number of nitrogens with one attached hydrogen (secondary N) is 2. The van der Waals surface area contributed by atoms with Gasteiger partial charge in [0, 0.05) is 44.0 Å². The van der Waals surface area contributed by atoms with Crippen LogP contribution in [0.5, 0.6) is 5.75 Å². The number of hydrogen-bond acceptors (Lipinski definition) is 5. The van der Waals surface area contributed by atoms with Gasteiger partial charge in [0.05, 0.1) is 29.6 Å². The predicted molar refractivity (Wildman–Crippen MR) is 113 cm³/mol. The molecule has 7 nitrogen and oxygen atoms in total. The number of aryl methyl sites for hydroxylation is 1. The maximum atomic E-state index is 13.0. The largest absolute Gasteiger partial charge is 0.497 e. The average Bonchev–Trinajstić information content (AvgIpc) is 3.05. The molecule has 4 heterocycles. The number of hydrogen-bond donors (Lipinski definition) is 2. The van der Waals surface area contributed by atoms with E-state index in [1.807, 2.05) is 30.5 Å². The molecular weight excluding hydrogens is 378 g/mol. The lowest BCUT2D eigenvalue weighted by molar-refractivity contribution is 0.0824. The Morgan fingerprint density at radius 3 is 2.67 bits per heavy atom. The third kappa shape index (κ3) is 2.38. The summed E-state index contributed by atoms with van der Waals surface area (Å²) in [6, 6.07) is 7.78. The molecule has 2 aromatic heterocycles. The van der Waals surface area contributed by atoms with Crippen LogP contribution in [0.2, 0.25) is 0 Å². The van der Waals surface area contributed by atoms with Crippen molar-refractivity contribution in [2.45, 2.75) is 24.8 Å². The molecule has 0 atom stereocenters. The molecule has 1 saturated heterocycles. The van der Waals surface area contributed by atoms with Crippen LogP contribution in [-0.2, 0) is 26.3 Å². The van der Waals surface area contributed by atoms with Crippen molar-refractivity contribution in [3.8, 4) is 28.5 Å². The van der Waals surface area contributed by atoms with Gasteiger partial charge in [0.25, 0.3) is 5.91 Å². The molecule has 0 saturated carbocycles. The highest BCUT2D eigenvalue weighted by atomic mass is 16.5. The molecule has 1 aromatic carbocycles. The Morgan fingerprint density at radius 1 is 1.17 bits per heavy atom. The van der Waals surface area contributed by atoms with E-state index in [-0.39, 0.29) is 11.4 Å². The molecule has 2 N–H and O–H groups in total. The number of carbonyl (C=O) groups is 1. The first-order chi connectivity index (χ1) is 14.6. The minimum absolute atomic E-state index is 0.0579. The Hall–Kier alpha value is -3.19. The highest BCUT2D eigenvalue weighted by Gasteiger charge is 2.46. The van der Waals surface area contributed by atoms with Crippen LogP contribution in [0.25, 0.3) is 22.8 Å². The minimum atomic E-state index is -0.137. The van der Waals surface area contributed by atoms with E-state index in [1.54, 1.807) is 7.11 Å². The number of amides is 1. The standard InChI is InChI=1S/C23H23N5O2/c1-28-17-9-23(11-24-12-23)27-22(29)18(17)16-8-5-14-10-25-21(26-19(14)20(16)28)13-3-6-15(30-2)7-4-13/h3-4,6-7,10,24H,5,8-9,11-12H2,1-2H3,(H,27,29). The van der Waals surface area contributed by atoms with Gasteiger partial charge in [-0.3, -0.25) is 4.79 Å². The van der Waals surface area contributed by atoms with E-state index < -0.39 is 0 Å². The molecule has 1 aliphatic carbocycles. The van der Waals surface area contributed by atoms with Crippen LogP contribution < -0.4 is 15.4 Å². The smallest absolute Gasteiger partial charge is 0.253 e. The van der Waals surface area contributed by atoms with Crippen LogP contribution in [0.3, 0.4) is 0 Å². The van der Waals surface area contributed by atoms with Crippen LogP contribution in [0, 0.1) is 0 Å². The normalized spacial score (nSPS) is 18.1. The van der Waals surface area contributed by atoms with E-state index in [9.17, 15) is 4.79 Å². The second-order valence-corrected chi connectivity index (χ2v) is 8.52. The number of fused-ring (bicyclic) bond motifs is 5. The first-order valence-electron chi connectivity index (χ1n) is 10.3. The average molecular weight is 401 g/mol. The lowest BCUT2D eigenvalue weighted by Gasteiger charge is -2.45. The van der Waals surface area contributed by atoms with Gasteiger partial charge in [-0.15, -0.1) is 0 Å². The number of aromatic nitrogens is 3. The van der Waals surface area contributed by atoms with Gasteiger partial charge in [-0.2, -0.15) is 0 Å². The van der Waals surface area contributed by atoms with Gasteiger partial charge < -0.3 is 19.9 Å². The number of rotatable bonds is 2.